The van der Waals surface area contributed by atoms with Gasteiger partial charge in [-0.3, -0.25) is 0 Å². The molecule has 3 heterocycles. The fourth-order valence-corrected chi connectivity index (χ4v) is 2.68. The van der Waals surface area contributed by atoms with Gasteiger partial charge in [0, 0.05) is 11.9 Å². The maximum atomic E-state index is 5.50. The zero-order valence-corrected chi connectivity index (χ0v) is 9.12. The smallest absolute Gasteiger partial charge is 0.234 e. The van der Waals surface area contributed by atoms with E-state index in [9.17, 15) is 0 Å². The molecule has 0 aromatic carbocycles. The summed E-state index contributed by atoms with van der Waals surface area (Å²) in [4.78, 5) is 5.12. The highest BCUT2D eigenvalue weighted by Gasteiger charge is 2.10. The number of aromatic nitrogens is 5. The second-order valence-corrected chi connectivity index (χ2v) is 4.69. The van der Waals surface area contributed by atoms with E-state index < -0.39 is 0 Å². The molecule has 6 nitrogen and oxygen atoms in total. The third kappa shape index (κ3) is 1.42. The summed E-state index contributed by atoms with van der Waals surface area (Å²) in [7, 11) is 0. The normalized spacial score (nSPS) is 11.3. The van der Waals surface area contributed by atoms with Crippen LogP contribution in [0.5, 0.6) is 0 Å². The van der Waals surface area contributed by atoms with E-state index >= 15 is 0 Å². The molecule has 0 aliphatic carbocycles. The van der Waals surface area contributed by atoms with E-state index in [4.69, 9.17) is 5.73 Å². The summed E-state index contributed by atoms with van der Waals surface area (Å²) in [5.41, 5.74) is 6.36. The Morgan fingerprint density at radius 3 is 3.13 bits per heavy atom. The lowest BCUT2D eigenvalue weighted by molar-refractivity contribution is 0.954. The summed E-state index contributed by atoms with van der Waals surface area (Å²) >= 11 is 3.00. The van der Waals surface area contributed by atoms with E-state index in [0.717, 1.165) is 20.7 Å². The summed E-state index contributed by atoms with van der Waals surface area (Å²) in [5, 5.41) is 15.7. The van der Waals surface area contributed by atoms with Gasteiger partial charge in [-0.15, -0.1) is 21.5 Å². The molecule has 2 N–H and O–H groups in total. The number of nitrogens with zero attached hydrogens (tertiary/aromatic N) is 5. The second kappa shape index (κ2) is 3.33. The average Bonchev–Trinajstić information content (AvgIpc) is 2.91. The zero-order chi connectivity index (χ0) is 10.3. The van der Waals surface area contributed by atoms with Crippen molar-refractivity contribution in [2.45, 2.75) is 6.54 Å². The van der Waals surface area contributed by atoms with E-state index in [1.165, 1.54) is 11.3 Å². The number of rotatable bonds is 2. The highest BCUT2D eigenvalue weighted by molar-refractivity contribution is 7.20. The molecule has 0 atom stereocenters. The molecule has 0 spiro atoms. The molecule has 76 valence electrons. The predicted octanol–water partition coefficient (Wildman–Crippen LogP) is 0.768. The fraction of sp³-hybridized carbons (Fsp3) is 0.143. The van der Waals surface area contributed by atoms with E-state index in [2.05, 4.69) is 20.3 Å². The lowest BCUT2D eigenvalue weighted by Gasteiger charge is -1.85. The van der Waals surface area contributed by atoms with Gasteiger partial charge >= 0.3 is 0 Å². The first-order valence-electron chi connectivity index (χ1n) is 4.18. The van der Waals surface area contributed by atoms with Crippen molar-refractivity contribution in [3.63, 3.8) is 0 Å². The van der Waals surface area contributed by atoms with Crippen LogP contribution < -0.4 is 5.73 Å². The Bertz CT molecular complexity index is 565. The molecular weight excluding hydrogens is 232 g/mol. The Balaban J connectivity index is 2.09. The minimum atomic E-state index is 0.467. The van der Waals surface area contributed by atoms with Crippen molar-refractivity contribution in [2.24, 2.45) is 5.73 Å². The van der Waals surface area contributed by atoms with Gasteiger partial charge in [0.25, 0.3) is 0 Å². The van der Waals surface area contributed by atoms with Crippen molar-refractivity contribution >= 4 is 27.6 Å². The summed E-state index contributed by atoms with van der Waals surface area (Å²) in [6.07, 6.45) is 1.57. The average molecular weight is 238 g/mol. The van der Waals surface area contributed by atoms with Gasteiger partial charge in [0.2, 0.25) is 4.96 Å². The fourth-order valence-electron chi connectivity index (χ4n) is 1.17. The van der Waals surface area contributed by atoms with Gasteiger partial charge in [0.1, 0.15) is 17.0 Å². The van der Waals surface area contributed by atoms with E-state index in [-0.39, 0.29) is 0 Å². The first-order chi connectivity index (χ1) is 7.36. The standard InChI is InChI=1S/C7H6N6S2/c8-1-5-10-4(2-14-5)6-12-13-3-9-11-7(13)15-6/h2-3H,1,8H2. The van der Waals surface area contributed by atoms with Gasteiger partial charge in [-0.1, -0.05) is 11.3 Å². The summed E-state index contributed by atoms with van der Waals surface area (Å²) < 4.78 is 1.64. The molecule has 0 fully saturated rings. The first-order valence-corrected chi connectivity index (χ1v) is 5.88. The number of hydrogen-bond donors (Lipinski definition) is 1. The first kappa shape index (κ1) is 8.89. The van der Waals surface area contributed by atoms with Crippen molar-refractivity contribution < 1.29 is 0 Å². The van der Waals surface area contributed by atoms with Crippen LogP contribution >= 0.6 is 22.7 Å². The Kier molecular flexibility index (Phi) is 1.97. The molecule has 0 bridgehead atoms. The third-order valence-electron chi connectivity index (χ3n) is 1.83. The molecule has 0 aliphatic rings. The number of hydrogen-bond acceptors (Lipinski definition) is 7. The van der Waals surface area contributed by atoms with Crippen LogP contribution in [0.25, 0.3) is 15.7 Å². The molecular formula is C7H6N6S2. The van der Waals surface area contributed by atoms with Crippen LogP contribution in [-0.4, -0.2) is 24.8 Å². The number of nitrogens with two attached hydrogens (primary N) is 1. The van der Waals surface area contributed by atoms with E-state index in [1.807, 2.05) is 5.38 Å². The minimum Gasteiger partial charge on any atom is -0.325 e. The lowest BCUT2D eigenvalue weighted by atomic mass is 10.5. The maximum Gasteiger partial charge on any atom is 0.234 e. The predicted molar refractivity (Wildman–Crippen MR) is 57.7 cm³/mol. The van der Waals surface area contributed by atoms with Crippen LogP contribution in [-0.2, 0) is 6.54 Å². The highest BCUT2D eigenvalue weighted by Crippen LogP contribution is 2.25. The van der Waals surface area contributed by atoms with Crippen molar-refractivity contribution in [1.82, 2.24) is 24.8 Å². The van der Waals surface area contributed by atoms with Crippen LogP contribution in [0, 0.1) is 0 Å². The van der Waals surface area contributed by atoms with Crippen LogP contribution in [0.2, 0.25) is 0 Å². The SMILES string of the molecule is NCc1nc(-c2nn3cnnc3s2)cs1. The molecule has 8 heteroatoms. The minimum absolute atomic E-state index is 0.467. The molecule has 3 aromatic rings. The van der Waals surface area contributed by atoms with Gasteiger partial charge in [0.15, 0.2) is 5.01 Å². The third-order valence-corrected chi connectivity index (χ3v) is 3.64. The summed E-state index contributed by atoms with van der Waals surface area (Å²) in [6, 6.07) is 0. The number of fused-ring (bicyclic) bond motifs is 1. The van der Waals surface area contributed by atoms with E-state index in [1.54, 1.807) is 22.2 Å². The van der Waals surface area contributed by atoms with Gasteiger partial charge in [-0.2, -0.15) is 9.61 Å². The van der Waals surface area contributed by atoms with Crippen molar-refractivity contribution in [2.75, 3.05) is 0 Å². The molecule has 0 unspecified atom stereocenters. The van der Waals surface area contributed by atoms with Crippen LogP contribution in [0.3, 0.4) is 0 Å². The molecule has 0 aliphatic heterocycles. The maximum absolute atomic E-state index is 5.50. The van der Waals surface area contributed by atoms with Gasteiger partial charge in [-0.05, 0) is 0 Å². The molecule has 0 saturated heterocycles. The van der Waals surface area contributed by atoms with Gasteiger partial charge < -0.3 is 5.73 Å². The van der Waals surface area contributed by atoms with Gasteiger partial charge in [0.05, 0.1) is 0 Å². The van der Waals surface area contributed by atoms with Gasteiger partial charge in [-0.25, -0.2) is 4.98 Å². The largest absolute Gasteiger partial charge is 0.325 e. The molecule has 3 aromatic heterocycles. The second-order valence-electron chi connectivity index (χ2n) is 2.80. The van der Waals surface area contributed by atoms with Crippen LogP contribution in [0.4, 0.5) is 0 Å². The van der Waals surface area contributed by atoms with Crippen molar-refractivity contribution in [1.29, 1.82) is 0 Å². The summed E-state index contributed by atoms with van der Waals surface area (Å²) in [6.45, 7) is 0.467. The molecule has 0 saturated carbocycles. The quantitative estimate of drug-likeness (QED) is 0.713. The Morgan fingerprint density at radius 2 is 2.40 bits per heavy atom. The van der Waals surface area contributed by atoms with E-state index in [0.29, 0.717) is 6.54 Å². The zero-order valence-electron chi connectivity index (χ0n) is 7.49. The van der Waals surface area contributed by atoms with Crippen molar-refractivity contribution in [3.8, 4) is 10.7 Å². The molecule has 15 heavy (non-hydrogen) atoms. The molecule has 0 amide bonds. The Morgan fingerprint density at radius 1 is 1.47 bits per heavy atom. The molecule has 3 rings (SSSR count). The lowest BCUT2D eigenvalue weighted by Crippen LogP contribution is -1.94. The monoisotopic (exact) mass is 238 g/mol. The van der Waals surface area contributed by atoms with Crippen LogP contribution in [0.15, 0.2) is 11.7 Å². The van der Waals surface area contributed by atoms with Crippen molar-refractivity contribution in [3.05, 3.63) is 16.7 Å². The highest BCUT2D eigenvalue weighted by atomic mass is 32.1. The Labute approximate surface area is 92.4 Å². The number of thiazole rings is 1. The van der Waals surface area contributed by atoms with Crippen LogP contribution in [0.1, 0.15) is 5.01 Å². The topological polar surface area (TPSA) is 82.0 Å². The molecule has 0 radical (unpaired) electrons. The Hall–Kier alpha value is -1.38. The summed E-state index contributed by atoms with van der Waals surface area (Å²) in [5.74, 6) is 0.